The Morgan fingerprint density at radius 2 is 2.21 bits per heavy atom. The van der Waals surface area contributed by atoms with Crippen LogP contribution in [-0.2, 0) is 11.3 Å². The third-order valence-electron chi connectivity index (χ3n) is 4.60. The quantitative estimate of drug-likeness (QED) is 0.601. The van der Waals surface area contributed by atoms with E-state index in [1.807, 2.05) is 6.20 Å². The van der Waals surface area contributed by atoms with Crippen LogP contribution in [0, 0.1) is 0 Å². The van der Waals surface area contributed by atoms with Gasteiger partial charge in [0.05, 0.1) is 12.6 Å². The summed E-state index contributed by atoms with van der Waals surface area (Å²) in [6, 6.07) is 4.16. The molecule has 0 aromatic carbocycles. The molecule has 3 heterocycles. The summed E-state index contributed by atoms with van der Waals surface area (Å²) in [7, 11) is 2.16. The molecule has 0 saturated carbocycles. The van der Waals surface area contributed by atoms with Gasteiger partial charge in [0.15, 0.2) is 5.96 Å². The van der Waals surface area contributed by atoms with E-state index in [4.69, 9.17) is 10.5 Å². The summed E-state index contributed by atoms with van der Waals surface area (Å²) in [5.41, 5.74) is 6.97. The zero-order valence-electron chi connectivity index (χ0n) is 14.4. The summed E-state index contributed by atoms with van der Waals surface area (Å²) in [6.45, 7) is 6.36. The predicted molar refractivity (Wildman–Crippen MR) is 96.3 cm³/mol. The van der Waals surface area contributed by atoms with Crippen LogP contribution in [0.25, 0.3) is 0 Å². The van der Waals surface area contributed by atoms with E-state index in [0.29, 0.717) is 12.5 Å². The Labute approximate surface area is 143 Å². The first-order chi connectivity index (χ1) is 11.7. The highest BCUT2D eigenvalue weighted by atomic mass is 16.5. The minimum absolute atomic E-state index is 0.267. The van der Waals surface area contributed by atoms with E-state index in [1.54, 1.807) is 0 Å². The molecule has 0 aliphatic carbocycles. The van der Waals surface area contributed by atoms with Gasteiger partial charge in [-0.2, -0.15) is 0 Å². The Kier molecular flexibility index (Phi) is 5.87. The van der Waals surface area contributed by atoms with Crippen LogP contribution in [0.4, 0.5) is 5.82 Å². The van der Waals surface area contributed by atoms with E-state index in [2.05, 4.69) is 44.3 Å². The summed E-state index contributed by atoms with van der Waals surface area (Å²) >= 11 is 0. The number of pyridine rings is 1. The molecule has 1 aromatic heterocycles. The molecule has 2 aliphatic heterocycles. The van der Waals surface area contributed by atoms with Gasteiger partial charge < -0.3 is 25.6 Å². The second kappa shape index (κ2) is 8.30. The summed E-state index contributed by atoms with van der Waals surface area (Å²) in [6.07, 6.45) is 4.39. The highest BCUT2D eigenvalue weighted by molar-refractivity contribution is 5.77. The number of piperazine rings is 1. The molecule has 24 heavy (non-hydrogen) atoms. The van der Waals surface area contributed by atoms with Gasteiger partial charge in [0, 0.05) is 45.5 Å². The Bertz CT molecular complexity index is 533. The zero-order chi connectivity index (χ0) is 16.8. The maximum atomic E-state index is 5.91. The minimum atomic E-state index is 0.267. The fourth-order valence-electron chi connectivity index (χ4n) is 2.99. The Balaban J connectivity index is 1.45. The molecule has 1 unspecified atom stereocenters. The van der Waals surface area contributed by atoms with E-state index in [9.17, 15) is 0 Å². The van der Waals surface area contributed by atoms with Crippen LogP contribution >= 0.6 is 0 Å². The second-order valence-corrected chi connectivity index (χ2v) is 6.53. The van der Waals surface area contributed by atoms with Gasteiger partial charge >= 0.3 is 0 Å². The molecule has 2 aliphatic rings. The van der Waals surface area contributed by atoms with E-state index in [0.717, 1.165) is 63.6 Å². The topological polar surface area (TPSA) is 79.0 Å². The number of nitrogens with two attached hydrogens (primary N) is 1. The molecule has 132 valence electrons. The second-order valence-electron chi connectivity index (χ2n) is 6.53. The average molecular weight is 332 g/mol. The van der Waals surface area contributed by atoms with E-state index in [-0.39, 0.29) is 6.10 Å². The summed E-state index contributed by atoms with van der Waals surface area (Å²) in [4.78, 5) is 13.6. The largest absolute Gasteiger partial charge is 0.376 e. The molecule has 2 saturated heterocycles. The van der Waals surface area contributed by atoms with Crippen LogP contribution in [0.15, 0.2) is 23.3 Å². The number of anilines is 1. The smallest absolute Gasteiger partial charge is 0.189 e. The third kappa shape index (κ3) is 4.82. The number of rotatable bonds is 5. The molecule has 1 atom stereocenters. The van der Waals surface area contributed by atoms with Gasteiger partial charge in [-0.1, -0.05) is 6.07 Å². The number of nitrogens with one attached hydrogen (secondary N) is 1. The Morgan fingerprint density at radius 1 is 1.38 bits per heavy atom. The minimum Gasteiger partial charge on any atom is -0.376 e. The van der Waals surface area contributed by atoms with Crippen LogP contribution in [0.5, 0.6) is 0 Å². The van der Waals surface area contributed by atoms with Gasteiger partial charge in [0.25, 0.3) is 0 Å². The first kappa shape index (κ1) is 17.0. The Hall–Kier alpha value is -1.86. The summed E-state index contributed by atoms with van der Waals surface area (Å²) in [5, 5.41) is 3.13. The van der Waals surface area contributed by atoms with Crippen molar-refractivity contribution < 1.29 is 4.74 Å². The number of hydrogen-bond donors (Lipinski definition) is 2. The number of hydrogen-bond acceptors (Lipinski definition) is 5. The zero-order valence-corrected chi connectivity index (χ0v) is 14.4. The van der Waals surface area contributed by atoms with E-state index in [1.165, 1.54) is 0 Å². The number of nitrogens with zero attached hydrogens (tertiary/aromatic N) is 4. The van der Waals surface area contributed by atoms with Crippen LogP contribution in [-0.4, -0.2) is 68.3 Å². The van der Waals surface area contributed by atoms with E-state index < -0.39 is 0 Å². The van der Waals surface area contributed by atoms with Crippen molar-refractivity contribution in [3.05, 3.63) is 23.9 Å². The molecule has 7 heteroatoms. The standard InChI is InChI=1S/C17H28N6O/c1-22-6-8-23(9-7-22)16-5-4-14(11-19-16)12-20-17(18)21-13-15-3-2-10-24-15/h4-5,11,15H,2-3,6-10,12-13H2,1H3,(H3,18,20,21). The molecule has 1 aromatic rings. The number of likely N-dealkylation sites (N-methyl/N-ethyl adjacent to an activating group) is 1. The van der Waals surface area contributed by atoms with Gasteiger partial charge in [0.2, 0.25) is 0 Å². The fraction of sp³-hybridized carbons (Fsp3) is 0.647. The first-order valence-electron chi connectivity index (χ1n) is 8.74. The van der Waals surface area contributed by atoms with Crippen molar-refractivity contribution in [2.45, 2.75) is 25.5 Å². The molecule has 0 radical (unpaired) electrons. The van der Waals surface area contributed by atoms with Gasteiger partial charge in [0.1, 0.15) is 5.82 Å². The average Bonchev–Trinajstić information content (AvgIpc) is 3.13. The third-order valence-corrected chi connectivity index (χ3v) is 4.60. The van der Waals surface area contributed by atoms with Gasteiger partial charge in [-0.3, -0.25) is 0 Å². The van der Waals surface area contributed by atoms with Crippen molar-refractivity contribution in [1.82, 2.24) is 15.2 Å². The van der Waals surface area contributed by atoms with Crippen LogP contribution < -0.4 is 16.0 Å². The molecule has 2 fully saturated rings. The maximum Gasteiger partial charge on any atom is 0.189 e. The SMILES string of the molecule is CN1CCN(c2ccc(CN=C(N)NCC3CCCO3)cn2)CC1. The van der Waals surface area contributed by atoms with Crippen molar-refractivity contribution in [1.29, 1.82) is 0 Å². The van der Waals surface area contributed by atoms with Crippen molar-refractivity contribution in [2.24, 2.45) is 10.7 Å². The van der Waals surface area contributed by atoms with Crippen LogP contribution in [0.3, 0.4) is 0 Å². The Morgan fingerprint density at radius 3 is 2.88 bits per heavy atom. The number of guanidine groups is 1. The maximum absolute atomic E-state index is 5.91. The molecular formula is C17H28N6O. The summed E-state index contributed by atoms with van der Waals surface area (Å²) < 4.78 is 5.55. The molecular weight excluding hydrogens is 304 g/mol. The molecule has 3 N–H and O–H groups in total. The lowest BCUT2D eigenvalue weighted by Crippen LogP contribution is -2.44. The van der Waals surface area contributed by atoms with E-state index >= 15 is 0 Å². The number of aliphatic imine (C=N–C) groups is 1. The molecule has 7 nitrogen and oxygen atoms in total. The first-order valence-corrected chi connectivity index (χ1v) is 8.74. The van der Waals surface area contributed by atoms with Gasteiger partial charge in [-0.05, 0) is 31.5 Å². The predicted octanol–water partition coefficient (Wildman–Crippen LogP) is 0.417. The van der Waals surface area contributed by atoms with Crippen molar-refractivity contribution in [3.8, 4) is 0 Å². The molecule has 3 rings (SSSR count). The fourth-order valence-corrected chi connectivity index (χ4v) is 2.99. The number of aromatic nitrogens is 1. The monoisotopic (exact) mass is 332 g/mol. The van der Waals surface area contributed by atoms with Crippen LogP contribution in [0.2, 0.25) is 0 Å². The highest BCUT2D eigenvalue weighted by Gasteiger charge is 2.16. The highest BCUT2D eigenvalue weighted by Crippen LogP contribution is 2.14. The lowest BCUT2D eigenvalue weighted by atomic mass is 10.2. The van der Waals surface area contributed by atoms with Gasteiger partial charge in [-0.15, -0.1) is 0 Å². The molecule has 0 spiro atoms. The lowest BCUT2D eigenvalue weighted by Gasteiger charge is -2.33. The number of ether oxygens (including phenoxy) is 1. The molecule has 0 amide bonds. The lowest BCUT2D eigenvalue weighted by molar-refractivity contribution is 0.114. The van der Waals surface area contributed by atoms with Crippen LogP contribution in [0.1, 0.15) is 18.4 Å². The van der Waals surface area contributed by atoms with Crippen molar-refractivity contribution >= 4 is 11.8 Å². The molecule has 0 bridgehead atoms. The summed E-state index contributed by atoms with van der Waals surface area (Å²) in [5.74, 6) is 1.51. The van der Waals surface area contributed by atoms with Crippen molar-refractivity contribution in [3.63, 3.8) is 0 Å². The normalized spacial score (nSPS) is 22.8. The van der Waals surface area contributed by atoms with Gasteiger partial charge in [-0.25, -0.2) is 9.98 Å². The van der Waals surface area contributed by atoms with Crippen molar-refractivity contribution in [2.75, 3.05) is 51.3 Å².